The van der Waals surface area contributed by atoms with Crippen molar-refractivity contribution in [3.05, 3.63) is 0 Å². The molecular formula is C13H25N3S. The van der Waals surface area contributed by atoms with E-state index >= 15 is 0 Å². The van der Waals surface area contributed by atoms with Gasteiger partial charge in [-0.15, -0.1) is 0 Å². The SMILES string of the molecule is CCN1CCC(CN=C2NC(C)(CC)CS2)C1. The maximum atomic E-state index is 4.76. The predicted molar refractivity (Wildman–Crippen MR) is 76.8 cm³/mol. The Labute approximate surface area is 109 Å². The third-order valence-corrected chi connectivity index (χ3v) is 5.31. The summed E-state index contributed by atoms with van der Waals surface area (Å²) in [6.45, 7) is 11.5. The monoisotopic (exact) mass is 255 g/mol. The molecule has 0 aromatic carbocycles. The Bertz CT molecular complexity index is 292. The summed E-state index contributed by atoms with van der Waals surface area (Å²) in [5, 5.41) is 4.74. The van der Waals surface area contributed by atoms with E-state index in [4.69, 9.17) is 4.99 Å². The van der Waals surface area contributed by atoms with Crippen LogP contribution in [0.5, 0.6) is 0 Å². The van der Waals surface area contributed by atoms with E-state index in [2.05, 4.69) is 31.0 Å². The summed E-state index contributed by atoms with van der Waals surface area (Å²) in [7, 11) is 0. The van der Waals surface area contributed by atoms with Crippen LogP contribution < -0.4 is 5.32 Å². The van der Waals surface area contributed by atoms with Crippen molar-refractivity contribution in [3.8, 4) is 0 Å². The number of thioether (sulfide) groups is 1. The van der Waals surface area contributed by atoms with E-state index in [-0.39, 0.29) is 5.54 Å². The van der Waals surface area contributed by atoms with Gasteiger partial charge in [0.25, 0.3) is 0 Å². The minimum absolute atomic E-state index is 0.272. The van der Waals surface area contributed by atoms with Crippen LogP contribution in [-0.2, 0) is 0 Å². The van der Waals surface area contributed by atoms with Crippen molar-refractivity contribution in [2.45, 2.75) is 39.2 Å². The van der Waals surface area contributed by atoms with Gasteiger partial charge in [0.2, 0.25) is 0 Å². The summed E-state index contributed by atoms with van der Waals surface area (Å²) in [5.41, 5.74) is 0.272. The highest BCUT2D eigenvalue weighted by molar-refractivity contribution is 8.14. The Kier molecular flexibility index (Phi) is 4.36. The summed E-state index contributed by atoms with van der Waals surface area (Å²) >= 11 is 1.89. The Morgan fingerprint density at radius 1 is 1.53 bits per heavy atom. The second-order valence-electron chi connectivity index (χ2n) is 5.52. The lowest BCUT2D eigenvalue weighted by Crippen LogP contribution is -2.39. The van der Waals surface area contributed by atoms with Gasteiger partial charge in [-0.3, -0.25) is 4.99 Å². The molecule has 2 aliphatic heterocycles. The largest absolute Gasteiger partial charge is 0.359 e. The molecule has 3 nitrogen and oxygen atoms in total. The molecule has 0 radical (unpaired) electrons. The molecule has 2 aliphatic rings. The zero-order valence-corrected chi connectivity index (χ0v) is 12.1. The van der Waals surface area contributed by atoms with Crippen molar-refractivity contribution in [2.75, 3.05) is 31.9 Å². The van der Waals surface area contributed by atoms with Crippen LogP contribution in [0, 0.1) is 5.92 Å². The minimum atomic E-state index is 0.272. The molecular weight excluding hydrogens is 230 g/mol. The topological polar surface area (TPSA) is 27.6 Å². The molecule has 0 aliphatic carbocycles. The van der Waals surface area contributed by atoms with Crippen LogP contribution in [-0.4, -0.2) is 47.5 Å². The van der Waals surface area contributed by atoms with Crippen LogP contribution in [0.15, 0.2) is 4.99 Å². The maximum absolute atomic E-state index is 4.76. The molecule has 2 fully saturated rings. The van der Waals surface area contributed by atoms with Crippen LogP contribution in [0.1, 0.15) is 33.6 Å². The highest BCUT2D eigenvalue weighted by Crippen LogP contribution is 2.26. The summed E-state index contributed by atoms with van der Waals surface area (Å²) in [5.74, 6) is 1.94. The van der Waals surface area contributed by atoms with E-state index in [9.17, 15) is 0 Å². The Balaban J connectivity index is 1.78. The van der Waals surface area contributed by atoms with E-state index in [1.54, 1.807) is 0 Å². The van der Waals surface area contributed by atoms with Crippen molar-refractivity contribution in [1.82, 2.24) is 10.2 Å². The van der Waals surface area contributed by atoms with Gasteiger partial charge in [0.1, 0.15) is 0 Å². The first-order valence-corrected chi connectivity index (χ1v) is 7.81. The maximum Gasteiger partial charge on any atom is 0.157 e. The number of rotatable bonds is 4. The average Bonchev–Trinajstić information content (AvgIpc) is 2.94. The smallest absolute Gasteiger partial charge is 0.157 e. The van der Waals surface area contributed by atoms with Crippen LogP contribution in [0.3, 0.4) is 0 Å². The summed E-state index contributed by atoms with van der Waals surface area (Å²) < 4.78 is 0. The van der Waals surface area contributed by atoms with Crippen LogP contribution >= 0.6 is 11.8 Å². The summed E-state index contributed by atoms with van der Waals surface area (Å²) in [4.78, 5) is 7.28. The first-order valence-electron chi connectivity index (χ1n) is 6.83. The Morgan fingerprint density at radius 2 is 2.35 bits per heavy atom. The van der Waals surface area contributed by atoms with Gasteiger partial charge < -0.3 is 10.2 Å². The number of nitrogens with one attached hydrogen (secondary N) is 1. The van der Waals surface area contributed by atoms with Gasteiger partial charge >= 0.3 is 0 Å². The van der Waals surface area contributed by atoms with Crippen molar-refractivity contribution in [1.29, 1.82) is 0 Å². The third kappa shape index (κ3) is 3.38. The van der Waals surface area contributed by atoms with E-state index in [0.29, 0.717) is 0 Å². The molecule has 1 N–H and O–H groups in total. The van der Waals surface area contributed by atoms with Gasteiger partial charge in [-0.2, -0.15) is 0 Å². The second kappa shape index (κ2) is 5.61. The number of likely N-dealkylation sites (tertiary alicyclic amines) is 1. The lowest BCUT2D eigenvalue weighted by atomic mass is 10.0. The van der Waals surface area contributed by atoms with E-state index in [0.717, 1.165) is 18.2 Å². The predicted octanol–water partition coefficient (Wildman–Crippen LogP) is 2.19. The molecule has 4 heteroatoms. The molecule has 2 unspecified atom stereocenters. The molecule has 0 bridgehead atoms. The van der Waals surface area contributed by atoms with Gasteiger partial charge in [0.05, 0.1) is 0 Å². The first-order chi connectivity index (χ1) is 8.15. The van der Waals surface area contributed by atoms with Crippen LogP contribution in [0.4, 0.5) is 0 Å². The fourth-order valence-electron chi connectivity index (χ4n) is 2.39. The molecule has 0 saturated carbocycles. The molecule has 2 saturated heterocycles. The highest BCUT2D eigenvalue weighted by Gasteiger charge is 2.30. The van der Waals surface area contributed by atoms with Crippen LogP contribution in [0.2, 0.25) is 0 Å². The normalized spacial score (nSPS) is 36.6. The first kappa shape index (κ1) is 13.2. The summed E-state index contributed by atoms with van der Waals surface area (Å²) in [6, 6.07) is 0. The highest BCUT2D eigenvalue weighted by atomic mass is 32.2. The van der Waals surface area contributed by atoms with E-state index < -0.39 is 0 Å². The van der Waals surface area contributed by atoms with E-state index in [1.807, 2.05) is 11.8 Å². The molecule has 0 amide bonds. The quantitative estimate of drug-likeness (QED) is 0.834. The van der Waals surface area contributed by atoms with Gasteiger partial charge in [-0.25, -0.2) is 0 Å². The Morgan fingerprint density at radius 3 is 2.94 bits per heavy atom. The summed E-state index contributed by atoms with van der Waals surface area (Å²) in [6.07, 6.45) is 2.49. The lowest BCUT2D eigenvalue weighted by Gasteiger charge is -2.20. The standard InChI is InChI=1S/C13H25N3S/c1-4-13(3)10-17-12(15-13)14-8-11-6-7-16(5-2)9-11/h11H,4-10H2,1-3H3,(H,14,15). The zero-order valence-electron chi connectivity index (χ0n) is 11.3. The van der Waals surface area contributed by atoms with Gasteiger partial charge in [0, 0.05) is 24.4 Å². The van der Waals surface area contributed by atoms with Gasteiger partial charge in [-0.05, 0) is 38.8 Å². The van der Waals surface area contributed by atoms with Crippen molar-refractivity contribution in [3.63, 3.8) is 0 Å². The number of hydrogen-bond acceptors (Lipinski definition) is 3. The van der Waals surface area contributed by atoms with Crippen molar-refractivity contribution >= 4 is 16.9 Å². The molecule has 2 atom stereocenters. The van der Waals surface area contributed by atoms with Gasteiger partial charge in [0.15, 0.2) is 5.17 Å². The number of nitrogens with zero attached hydrogens (tertiary/aromatic N) is 2. The van der Waals surface area contributed by atoms with Gasteiger partial charge in [-0.1, -0.05) is 25.6 Å². The number of hydrogen-bond donors (Lipinski definition) is 1. The van der Waals surface area contributed by atoms with Crippen molar-refractivity contribution < 1.29 is 0 Å². The fourth-order valence-corrected chi connectivity index (χ4v) is 3.61. The third-order valence-electron chi connectivity index (χ3n) is 4.03. The Hall–Kier alpha value is -0.220. The zero-order chi connectivity index (χ0) is 12.3. The lowest BCUT2D eigenvalue weighted by molar-refractivity contribution is 0.343. The number of amidine groups is 1. The molecule has 0 aromatic rings. The molecule has 2 rings (SSSR count). The van der Waals surface area contributed by atoms with E-state index in [1.165, 1.54) is 37.6 Å². The fraction of sp³-hybridized carbons (Fsp3) is 0.923. The molecule has 98 valence electrons. The molecule has 0 spiro atoms. The minimum Gasteiger partial charge on any atom is -0.359 e. The average molecular weight is 255 g/mol. The second-order valence-corrected chi connectivity index (χ2v) is 6.49. The molecule has 17 heavy (non-hydrogen) atoms. The molecule has 0 aromatic heterocycles. The number of aliphatic imine (C=N–C) groups is 1. The molecule has 2 heterocycles. The van der Waals surface area contributed by atoms with Crippen molar-refractivity contribution in [2.24, 2.45) is 10.9 Å². The van der Waals surface area contributed by atoms with Crippen LogP contribution in [0.25, 0.3) is 0 Å².